The van der Waals surface area contributed by atoms with E-state index < -0.39 is 48.4 Å². The highest BCUT2D eigenvalue weighted by Gasteiger charge is 2.48. The average Bonchev–Trinajstić information content (AvgIpc) is 3.08. The predicted octanol–water partition coefficient (Wildman–Crippen LogP) is 3.87. The first-order valence-electron chi connectivity index (χ1n) is 9.86. The van der Waals surface area contributed by atoms with Gasteiger partial charge in [-0.25, -0.2) is 18.4 Å². The number of hydrogen-bond donors (Lipinski definition) is 3. The molecule has 1 fully saturated rings. The molecule has 178 valence electrons. The second kappa shape index (κ2) is 8.08. The van der Waals surface area contributed by atoms with Crippen LogP contribution in [0.2, 0.25) is 0 Å². The van der Waals surface area contributed by atoms with Crippen molar-refractivity contribution < 1.29 is 31.5 Å². The van der Waals surface area contributed by atoms with E-state index in [2.05, 4.69) is 15.4 Å². The number of carbonyl (C=O) groups is 2. The molecule has 2 aromatic heterocycles. The van der Waals surface area contributed by atoms with Crippen molar-refractivity contribution in [1.82, 2.24) is 14.8 Å². The maximum Gasteiger partial charge on any atom is 0.416 e. The lowest BCUT2D eigenvalue weighted by atomic mass is 9.88. The highest BCUT2D eigenvalue weighted by molar-refractivity contribution is 6.05. The zero-order chi connectivity index (χ0) is 24.8. The quantitative estimate of drug-likeness (QED) is 0.478. The molecular formula is C21H17F5N6O2. The molecule has 3 aromatic rings. The van der Waals surface area contributed by atoms with Gasteiger partial charge < -0.3 is 16.8 Å². The van der Waals surface area contributed by atoms with E-state index in [1.165, 1.54) is 24.3 Å². The van der Waals surface area contributed by atoms with Crippen molar-refractivity contribution in [2.75, 3.05) is 11.1 Å². The first-order chi connectivity index (χ1) is 15.9. The van der Waals surface area contributed by atoms with Crippen molar-refractivity contribution in [3.63, 3.8) is 0 Å². The van der Waals surface area contributed by atoms with E-state index in [0.29, 0.717) is 11.6 Å². The molecule has 0 atom stereocenters. The summed E-state index contributed by atoms with van der Waals surface area (Å²) >= 11 is 0. The number of pyridine rings is 1. The van der Waals surface area contributed by atoms with Crippen molar-refractivity contribution in [3.8, 4) is 11.3 Å². The normalized spacial score (nSPS) is 15.6. The first kappa shape index (κ1) is 23.1. The Balaban J connectivity index is 1.57. The Morgan fingerprint density at radius 2 is 1.76 bits per heavy atom. The number of hydrogen-bond acceptors (Lipinski definition) is 5. The van der Waals surface area contributed by atoms with Gasteiger partial charge in [0.05, 0.1) is 11.6 Å². The average molecular weight is 480 g/mol. The summed E-state index contributed by atoms with van der Waals surface area (Å²) in [5.74, 6) is -4.89. The van der Waals surface area contributed by atoms with Crippen molar-refractivity contribution in [2.24, 2.45) is 5.73 Å². The largest absolute Gasteiger partial charge is 0.416 e. The number of alkyl halides is 5. The lowest BCUT2D eigenvalue weighted by Gasteiger charge is -2.35. The second-order valence-corrected chi connectivity index (χ2v) is 7.79. The highest BCUT2D eigenvalue weighted by Crippen LogP contribution is 2.47. The van der Waals surface area contributed by atoms with Crippen molar-refractivity contribution in [2.45, 2.75) is 31.0 Å². The first-order valence-corrected chi connectivity index (χ1v) is 9.86. The summed E-state index contributed by atoms with van der Waals surface area (Å²) < 4.78 is 66.2. The standard InChI is InChI=1S/C21H17F5N6O2/c22-20(23)8-13(9-20)32-17(27)15(18(28)33)16(31-32)10-1-3-11(4-2-10)19(34)30-14-7-12(5-6-29-14)21(24,25)26/h1-7,13H,8-9,27H2,(H2,28,33)(H,29,30,34). The van der Waals surface area contributed by atoms with E-state index in [1.807, 2.05) is 0 Å². The number of amides is 2. The Hall–Kier alpha value is -4.03. The number of nitrogens with one attached hydrogen (secondary N) is 1. The maximum atomic E-state index is 13.3. The number of aromatic nitrogens is 3. The number of anilines is 2. The summed E-state index contributed by atoms with van der Waals surface area (Å²) in [6, 6.07) is 6.31. The van der Waals surface area contributed by atoms with Gasteiger partial charge in [0, 0.05) is 30.2 Å². The van der Waals surface area contributed by atoms with Gasteiger partial charge in [0.15, 0.2) is 0 Å². The fourth-order valence-corrected chi connectivity index (χ4v) is 3.62. The molecule has 34 heavy (non-hydrogen) atoms. The zero-order valence-corrected chi connectivity index (χ0v) is 17.2. The van der Waals surface area contributed by atoms with E-state index >= 15 is 0 Å². The molecule has 0 bridgehead atoms. The number of benzene rings is 1. The van der Waals surface area contributed by atoms with Crippen LogP contribution < -0.4 is 16.8 Å². The Kier molecular flexibility index (Phi) is 5.50. The van der Waals surface area contributed by atoms with Gasteiger partial charge in [-0.05, 0) is 24.3 Å². The van der Waals surface area contributed by atoms with Crippen LogP contribution >= 0.6 is 0 Å². The molecule has 1 aliphatic carbocycles. The third-order valence-corrected chi connectivity index (χ3v) is 5.36. The van der Waals surface area contributed by atoms with Gasteiger partial charge in [0.25, 0.3) is 17.7 Å². The smallest absolute Gasteiger partial charge is 0.383 e. The van der Waals surface area contributed by atoms with Gasteiger partial charge in [-0.1, -0.05) is 12.1 Å². The Bertz CT molecular complexity index is 1260. The SMILES string of the molecule is NC(=O)c1c(-c2ccc(C(=O)Nc3cc(C(F)(F)F)ccn3)cc2)nn(C2CC(F)(F)C2)c1N. The Morgan fingerprint density at radius 1 is 1.12 bits per heavy atom. The molecule has 0 radical (unpaired) electrons. The van der Waals surface area contributed by atoms with E-state index in [9.17, 15) is 31.5 Å². The van der Waals surface area contributed by atoms with E-state index in [0.717, 1.165) is 16.9 Å². The van der Waals surface area contributed by atoms with Crippen molar-refractivity contribution >= 4 is 23.5 Å². The summed E-state index contributed by atoms with van der Waals surface area (Å²) in [6.45, 7) is 0. The van der Waals surface area contributed by atoms with Crippen LogP contribution in [0.4, 0.5) is 33.6 Å². The molecule has 5 N–H and O–H groups in total. The van der Waals surface area contributed by atoms with Crippen molar-refractivity contribution in [3.05, 3.63) is 59.3 Å². The lowest BCUT2D eigenvalue weighted by Crippen LogP contribution is -2.38. The summed E-state index contributed by atoms with van der Waals surface area (Å²) in [4.78, 5) is 28.1. The minimum atomic E-state index is -4.59. The van der Waals surface area contributed by atoms with E-state index in [4.69, 9.17) is 11.5 Å². The lowest BCUT2D eigenvalue weighted by molar-refractivity contribution is -0.137. The molecule has 0 saturated heterocycles. The predicted molar refractivity (Wildman–Crippen MR) is 111 cm³/mol. The molecular weight excluding hydrogens is 463 g/mol. The Morgan fingerprint density at radius 3 is 2.32 bits per heavy atom. The van der Waals surface area contributed by atoms with Gasteiger partial charge >= 0.3 is 6.18 Å². The van der Waals surface area contributed by atoms with Gasteiger partial charge in [-0.3, -0.25) is 9.59 Å². The molecule has 4 rings (SSSR count). The minimum Gasteiger partial charge on any atom is -0.383 e. The number of primary amides is 1. The molecule has 1 aliphatic rings. The Labute approximate surface area is 188 Å². The molecule has 13 heteroatoms. The van der Waals surface area contributed by atoms with Crippen LogP contribution in [-0.4, -0.2) is 32.5 Å². The molecule has 0 aliphatic heterocycles. The number of nitrogens with zero attached hydrogens (tertiary/aromatic N) is 3. The molecule has 0 unspecified atom stereocenters. The van der Waals surface area contributed by atoms with Gasteiger partial charge in [0.2, 0.25) is 0 Å². The monoisotopic (exact) mass is 480 g/mol. The van der Waals surface area contributed by atoms with Crippen LogP contribution in [0.3, 0.4) is 0 Å². The summed E-state index contributed by atoms with van der Waals surface area (Å²) in [6.07, 6.45) is -4.62. The molecule has 2 heterocycles. The van der Waals surface area contributed by atoms with Gasteiger partial charge in [0.1, 0.15) is 22.9 Å². The summed E-state index contributed by atoms with van der Waals surface area (Å²) in [5.41, 5.74) is 10.7. The summed E-state index contributed by atoms with van der Waals surface area (Å²) in [5, 5.41) is 6.48. The number of nitrogen functional groups attached to an aromatic ring is 1. The van der Waals surface area contributed by atoms with Crippen molar-refractivity contribution in [1.29, 1.82) is 0 Å². The zero-order valence-electron chi connectivity index (χ0n) is 17.2. The molecule has 0 spiro atoms. The second-order valence-electron chi connectivity index (χ2n) is 7.79. The highest BCUT2D eigenvalue weighted by atomic mass is 19.4. The number of rotatable bonds is 5. The summed E-state index contributed by atoms with van der Waals surface area (Å²) in [7, 11) is 0. The third-order valence-electron chi connectivity index (χ3n) is 5.36. The number of nitrogens with two attached hydrogens (primary N) is 2. The molecule has 2 amide bonds. The number of halogens is 5. The van der Waals surface area contributed by atoms with E-state index in [-0.39, 0.29) is 28.5 Å². The third kappa shape index (κ3) is 4.40. The van der Waals surface area contributed by atoms with Crippen LogP contribution in [0.1, 0.15) is 45.2 Å². The van der Waals surface area contributed by atoms with Crippen LogP contribution in [0.5, 0.6) is 0 Å². The minimum absolute atomic E-state index is 0.0618. The molecule has 1 aromatic carbocycles. The van der Waals surface area contributed by atoms with Crippen LogP contribution in [-0.2, 0) is 6.18 Å². The topological polar surface area (TPSA) is 129 Å². The van der Waals surface area contributed by atoms with Crippen LogP contribution in [0, 0.1) is 0 Å². The maximum absolute atomic E-state index is 13.3. The molecule has 8 nitrogen and oxygen atoms in total. The molecule has 1 saturated carbocycles. The fraction of sp³-hybridized carbons (Fsp3) is 0.238. The van der Waals surface area contributed by atoms with E-state index in [1.54, 1.807) is 0 Å². The number of carbonyl (C=O) groups excluding carboxylic acids is 2. The van der Waals surface area contributed by atoms with Gasteiger partial charge in [-0.2, -0.15) is 18.3 Å². The van der Waals surface area contributed by atoms with Crippen LogP contribution in [0.15, 0.2) is 42.6 Å². The van der Waals surface area contributed by atoms with Crippen LogP contribution in [0.25, 0.3) is 11.3 Å². The van der Waals surface area contributed by atoms with Gasteiger partial charge in [-0.15, -0.1) is 0 Å². The fourth-order valence-electron chi connectivity index (χ4n) is 3.62.